The molecule has 2 unspecified atom stereocenters. The summed E-state index contributed by atoms with van der Waals surface area (Å²) in [5.41, 5.74) is 5.19. The van der Waals surface area contributed by atoms with Crippen LogP contribution in [0.5, 0.6) is 0 Å². The highest BCUT2D eigenvalue weighted by Gasteiger charge is 2.40. The van der Waals surface area contributed by atoms with Crippen molar-refractivity contribution in [2.45, 2.75) is 5.00 Å². The third-order valence-electron chi connectivity index (χ3n) is 1.96. The zero-order chi connectivity index (χ0) is 10.1. The molecule has 0 bridgehead atoms. The van der Waals surface area contributed by atoms with Crippen LogP contribution in [0, 0.1) is 5.92 Å². The summed E-state index contributed by atoms with van der Waals surface area (Å²) < 4.78 is 0. The number of nitrogens with two attached hydrogens (primary N) is 1. The first-order valence-corrected chi connectivity index (χ1v) is 4.49. The smallest absolute Gasteiger partial charge is 0.229 e. The first-order valence-electron chi connectivity index (χ1n) is 3.73. The van der Waals surface area contributed by atoms with Crippen LogP contribution in [0.4, 0.5) is 0 Å². The van der Waals surface area contributed by atoms with Crippen LogP contribution in [0.15, 0.2) is 23.3 Å². The van der Waals surface area contributed by atoms with Crippen molar-refractivity contribution in [1.29, 1.82) is 0 Å². The molecule has 72 valence electrons. The van der Waals surface area contributed by atoms with Crippen molar-refractivity contribution >= 4 is 29.1 Å². The van der Waals surface area contributed by atoms with Crippen LogP contribution < -0.4 is 11.1 Å². The average molecular weight is 221 g/mol. The summed E-state index contributed by atoms with van der Waals surface area (Å²) in [4.78, 5) is 10.1. The van der Waals surface area contributed by atoms with Crippen molar-refractivity contribution in [2.75, 3.05) is 7.05 Å². The normalized spacial score (nSPS) is 32.8. The highest BCUT2D eigenvalue weighted by Crippen LogP contribution is 2.34. The zero-order valence-electron chi connectivity index (χ0n) is 7.05. The number of allylic oxidation sites excluding steroid dienone is 2. The van der Waals surface area contributed by atoms with E-state index in [1.165, 1.54) is 0 Å². The lowest BCUT2D eigenvalue weighted by Crippen LogP contribution is -2.49. The van der Waals surface area contributed by atoms with E-state index in [0.29, 0.717) is 5.03 Å². The van der Waals surface area contributed by atoms with Crippen molar-refractivity contribution in [2.24, 2.45) is 11.7 Å². The van der Waals surface area contributed by atoms with Crippen LogP contribution in [-0.4, -0.2) is 18.0 Å². The maximum Gasteiger partial charge on any atom is 0.229 e. The van der Waals surface area contributed by atoms with Crippen LogP contribution in [0.2, 0.25) is 0 Å². The monoisotopic (exact) mass is 220 g/mol. The van der Waals surface area contributed by atoms with E-state index < -0.39 is 16.8 Å². The Labute approximate surface area is 86.6 Å². The van der Waals surface area contributed by atoms with E-state index in [-0.39, 0.29) is 0 Å². The highest BCUT2D eigenvalue weighted by atomic mass is 35.5. The van der Waals surface area contributed by atoms with Gasteiger partial charge < -0.3 is 5.73 Å². The molecular formula is C8H10Cl2N2O. The van der Waals surface area contributed by atoms with E-state index in [1.54, 1.807) is 25.3 Å². The summed E-state index contributed by atoms with van der Waals surface area (Å²) in [7, 11) is 1.64. The predicted octanol–water partition coefficient (Wildman–Crippen LogP) is 0.935. The molecule has 0 aliphatic heterocycles. The van der Waals surface area contributed by atoms with E-state index in [2.05, 4.69) is 5.32 Å². The summed E-state index contributed by atoms with van der Waals surface area (Å²) in [6, 6.07) is 0. The summed E-state index contributed by atoms with van der Waals surface area (Å²) >= 11 is 11.9. The number of hydrogen-bond donors (Lipinski definition) is 2. The van der Waals surface area contributed by atoms with E-state index in [9.17, 15) is 4.79 Å². The van der Waals surface area contributed by atoms with Crippen molar-refractivity contribution in [3.63, 3.8) is 0 Å². The Morgan fingerprint density at radius 3 is 2.77 bits per heavy atom. The molecule has 1 aliphatic rings. The molecule has 0 radical (unpaired) electrons. The number of likely N-dealkylation sites (N-methyl/N-ethyl adjacent to an activating group) is 1. The molecule has 3 N–H and O–H groups in total. The number of alkyl halides is 1. The van der Waals surface area contributed by atoms with Crippen LogP contribution in [0.3, 0.4) is 0 Å². The molecule has 13 heavy (non-hydrogen) atoms. The van der Waals surface area contributed by atoms with E-state index in [1.807, 2.05) is 0 Å². The van der Waals surface area contributed by atoms with E-state index >= 15 is 0 Å². The number of halogens is 2. The molecule has 0 saturated carbocycles. The highest BCUT2D eigenvalue weighted by molar-refractivity contribution is 6.35. The van der Waals surface area contributed by atoms with Crippen molar-refractivity contribution < 1.29 is 4.79 Å². The standard InChI is InChI=1S/C8H10Cl2N2O/c1-12-8(10)4-2-3-5(9)6(8)7(11)13/h2-4,6,12H,1H3,(H2,11,13). The van der Waals surface area contributed by atoms with Gasteiger partial charge in [0.2, 0.25) is 5.91 Å². The molecule has 1 amide bonds. The van der Waals surface area contributed by atoms with Crippen molar-refractivity contribution in [3.8, 4) is 0 Å². The fourth-order valence-corrected chi connectivity index (χ4v) is 1.95. The number of primary amides is 1. The van der Waals surface area contributed by atoms with Gasteiger partial charge >= 0.3 is 0 Å². The number of amides is 1. The minimum absolute atomic E-state index is 0.347. The second kappa shape index (κ2) is 3.70. The molecule has 1 rings (SSSR count). The maximum absolute atomic E-state index is 11.1. The zero-order valence-corrected chi connectivity index (χ0v) is 8.56. The van der Waals surface area contributed by atoms with Gasteiger partial charge in [-0.1, -0.05) is 29.3 Å². The van der Waals surface area contributed by atoms with Crippen LogP contribution in [0.25, 0.3) is 0 Å². The van der Waals surface area contributed by atoms with Gasteiger partial charge in [0.1, 0.15) is 10.9 Å². The molecule has 0 saturated heterocycles. The van der Waals surface area contributed by atoms with Crippen molar-refractivity contribution in [3.05, 3.63) is 23.3 Å². The minimum atomic E-state index is -1.00. The Hall–Kier alpha value is -0.510. The first-order chi connectivity index (χ1) is 6.01. The van der Waals surface area contributed by atoms with Crippen LogP contribution in [0.1, 0.15) is 0 Å². The van der Waals surface area contributed by atoms with Crippen molar-refractivity contribution in [1.82, 2.24) is 5.32 Å². The molecule has 3 nitrogen and oxygen atoms in total. The molecule has 0 heterocycles. The predicted molar refractivity (Wildman–Crippen MR) is 53.4 cm³/mol. The van der Waals surface area contributed by atoms with E-state index in [4.69, 9.17) is 28.9 Å². The van der Waals surface area contributed by atoms with Crippen LogP contribution >= 0.6 is 23.2 Å². The number of rotatable bonds is 2. The second-order valence-corrected chi connectivity index (χ2v) is 3.83. The van der Waals surface area contributed by atoms with Gasteiger partial charge in [0.05, 0.1) is 0 Å². The summed E-state index contributed by atoms with van der Waals surface area (Å²) in [6.07, 6.45) is 4.94. The van der Waals surface area contributed by atoms with Gasteiger partial charge in [-0.25, -0.2) is 0 Å². The number of carbonyl (C=O) groups excluding carboxylic acids is 1. The maximum atomic E-state index is 11.1. The topological polar surface area (TPSA) is 55.1 Å². The number of nitrogens with one attached hydrogen (secondary N) is 1. The van der Waals surface area contributed by atoms with Gasteiger partial charge in [0.25, 0.3) is 0 Å². The quantitative estimate of drug-likeness (QED) is 0.538. The largest absolute Gasteiger partial charge is 0.369 e. The van der Waals surface area contributed by atoms with Gasteiger partial charge in [0, 0.05) is 5.03 Å². The van der Waals surface area contributed by atoms with Gasteiger partial charge in [0.15, 0.2) is 0 Å². The molecule has 0 fully saturated rings. The summed E-state index contributed by atoms with van der Waals surface area (Å²) in [6.45, 7) is 0. The molecule has 0 spiro atoms. The Morgan fingerprint density at radius 1 is 1.77 bits per heavy atom. The van der Waals surface area contributed by atoms with Gasteiger partial charge in [-0.15, -0.1) is 0 Å². The Morgan fingerprint density at radius 2 is 2.38 bits per heavy atom. The third-order valence-corrected chi connectivity index (χ3v) is 2.84. The third kappa shape index (κ3) is 1.88. The molecular weight excluding hydrogens is 211 g/mol. The Balaban J connectivity index is 3.06. The van der Waals surface area contributed by atoms with Gasteiger partial charge in [-0.3, -0.25) is 10.1 Å². The number of hydrogen-bond acceptors (Lipinski definition) is 2. The lowest BCUT2D eigenvalue weighted by atomic mass is 9.93. The Bertz CT molecular complexity index is 288. The molecule has 0 aromatic heterocycles. The van der Waals surface area contributed by atoms with Gasteiger partial charge in [-0.05, 0) is 19.2 Å². The molecule has 1 aliphatic carbocycles. The van der Waals surface area contributed by atoms with E-state index in [0.717, 1.165) is 0 Å². The molecule has 5 heteroatoms. The van der Waals surface area contributed by atoms with Gasteiger partial charge in [-0.2, -0.15) is 0 Å². The molecule has 2 atom stereocenters. The molecule has 0 aromatic carbocycles. The van der Waals surface area contributed by atoms with Crippen LogP contribution in [-0.2, 0) is 4.79 Å². The fraction of sp³-hybridized carbons (Fsp3) is 0.375. The summed E-state index contributed by atoms with van der Waals surface area (Å²) in [5, 5.41) is 3.14. The minimum Gasteiger partial charge on any atom is -0.369 e. The fourth-order valence-electron chi connectivity index (χ4n) is 1.24. The number of carbonyl (C=O) groups is 1. The molecule has 0 aromatic rings. The summed E-state index contributed by atoms with van der Waals surface area (Å²) in [5.74, 6) is -1.26. The lowest BCUT2D eigenvalue weighted by Gasteiger charge is -2.32. The average Bonchev–Trinajstić information content (AvgIpc) is 2.03. The SMILES string of the molecule is CNC1(Cl)C=CC=C(Cl)C1C(N)=O. The lowest BCUT2D eigenvalue weighted by molar-refractivity contribution is -0.121. The second-order valence-electron chi connectivity index (χ2n) is 2.76. The first kappa shape index (κ1) is 10.6. The Kier molecular flexibility index (Phi) is 3.01.